The summed E-state index contributed by atoms with van der Waals surface area (Å²) in [4.78, 5) is 35.7. The molecule has 2 N–H and O–H groups in total. The van der Waals surface area contributed by atoms with Crippen LogP contribution < -0.4 is 10.6 Å². The minimum atomic E-state index is -1.06. The van der Waals surface area contributed by atoms with Crippen LogP contribution in [-0.2, 0) is 14.3 Å². The Morgan fingerprint density at radius 2 is 1.75 bits per heavy atom. The van der Waals surface area contributed by atoms with Crippen molar-refractivity contribution in [1.29, 1.82) is 10.5 Å². The molecule has 0 spiro atoms. The first-order chi connectivity index (χ1) is 13.4. The van der Waals surface area contributed by atoms with Gasteiger partial charge in [-0.05, 0) is 49.4 Å². The molecule has 0 bridgehead atoms. The van der Waals surface area contributed by atoms with Crippen LogP contribution in [0, 0.1) is 22.7 Å². The van der Waals surface area contributed by atoms with Crippen LogP contribution in [-0.4, -0.2) is 23.9 Å². The molecule has 0 aromatic heterocycles. The molecule has 2 aromatic carbocycles. The van der Waals surface area contributed by atoms with Crippen LogP contribution in [0.4, 0.5) is 11.4 Å². The van der Waals surface area contributed by atoms with Crippen LogP contribution in [0.25, 0.3) is 0 Å². The number of nitriles is 2. The molecule has 140 valence electrons. The number of nitrogens with one attached hydrogen (secondary N) is 2. The Bertz CT molecular complexity index is 971. The molecule has 0 saturated heterocycles. The number of benzene rings is 2. The smallest absolute Gasteiger partial charge is 0.338 e. The highest BCUT2D eigenvalue weighted by Gasteiger charge is 2.19. The summed E-state index contributed by atoms with van der Waals surface area (Å²) in [6.07, 6.45) is -1.33. The van der Waals surface area contributed by atoms with Gasteiger partial charge in [0, 0.05) is 11.4 Å². The molecule has 0 aliphatic heterocycles. The zero-order valence-corrected chi connectivity index (χ0v) is 14.9. The molecule has 8 heteroatoms. The molecule has 0 radical (unpaired) electrons. The largest absolute Gasteiger partial charge is 0.449 e. The molecule has 2 rings (SSSR count). The Hall–Kier alpha value is -4.17. The average Bonchev–Trinajstić information content (AvgIpc) is 2.68. The molecule has 28 heavy (non-hydrogen) atoms. The number of esters is 1. The highest BCUT2D eigenvalue weighted by Crippen LogP contribution is 2.13. The van der Waals surface area contributed by atoms with Crippen molar-refractivity contribution < 1.29 is 19.1 Å². The molecule has 2 aromatic rings. The highest BCUT2D eigenvalue weighted by atomic mass is 16.5. The average molecular weight is 376 g/mol. The predicted molar refractivity (Wildman–Crippen MR) is 100.0 cm³/mol. The Labute approximate surface area is 161 Å². The van der Waals surface area contributed by atoms with Gasteiger partial charge in [0.1, 0.15) is 6.42 Å². The summed E-state index contributed by atoms with van der Waals surface area (Å²) >= 11 is 0. The van der Waals surface area contributed by atoms with Crippen LogP contribution in [0.1, 0.15) is 29.3 Å². The summed E-state index contributed by atoms with van der Waals surface area (Å²) in [6.45, 7) is 1.43. The van der Waals surface area contributed by atoms with Gasteiger partial charge in [0.25, 0.3) is 5.91 Å². The fraction of sp³-hybridized carbons (Fsp3) is 0.150. The summed E-state index contributed by atoms with van der Waals surface area (Å²) < 4.78 is 5.14. The number of rotatable bonds is 6. The fourth-order valence-electron chi connectivity index (χ4n) is 2.16. The number of carbonyl (C=O) groups excluding carboxylic acids is 3. The second-order valence-electron chi connectivity index (χ2n) is 5.69. The van der Waals surface area contributed by atoms with E-state index < -0.39 is 23.9 Å². The molecule has 8 nitrogen and oxygen atoms in total. The third kappa shape index (κ3) is 5.68. The number of anilines is 2. The summed E-state index contributed by atoms with van der Waals surface area (Å²) in [5, 5.41) is 22.4. The lowest BCUT2D eigenvalue weighted by molar-refractivity contribution is -0.123. The van der Waals surface area contributed by atoms with E-state index in [0.29, 0.717) is 16.9 Å². The first-order valence-electron chi connectivity index (χ1n) is 8.22. The summed E-state index contributed by atoms with van der Waals surface area (Å²) in [6, 6.07) is 15.9. The Morgan fingerprint density at radius 3 is 2.39 bits per heavy atom. The zero-order chi connectivity index (χ0) is 20.5. The first kappa shape index (κ1) is 20.1. The summed E-state index contributed by atoms with van der Waals surface area (Å²) in [5.41, 5.74) is 1.44. The van der Waals surface area contributed by atoms with Crippen molar-refractivity contribution in [1.82, 2.24) is 0 Å². The molecular formula is C20H16N4O4. The number of hydrogen-bond acceptors (Lipinski definition) is 6. The molecule has 0 saturated carbocycles. The zero-order valence-electron chi connectivity index (χ0n) is 14.9. The fourth-order valence-corrected chi connectivity index (χ4v) is 2.16. The Morgan fingerprint density at radius 1 is 1.04 bits per heavy atom. The van der Waals surface area contributed by atoms with Crippen LogP contribution in [0.2, 0.25) is 0 Å². The van der Waals surface area contributed by atoms with E-state index in [1.165, 1.54) is 37.3 Å². The number of carbonyl (C=O) groups is 3. The lowest BCUT2D eigenvalue weighted by Gasteiger charge is -2.14. The van der Waals surface area contributed by atoms with Crippen molar-refractivity contribution in [3.8, 4) is 12.1 Å². The monoisotopic (exact) mass is 376 g/mol. The normalized spacial score (nSPS) is 10.7. The maximum atomic E-state index is 12.2. The van der Waals surface area contributed by atoms with Gasteiger partial charge in [-0.2, -0.15) is 10.5 Å². The third-order valence-corrected chi connectivity index (χ3v) is 3.56. The van der Waals surface area contributed by atoms with Crippen LogP contribution in [0.5, 0.6) is 0 Å². The maximum Gasteiger partial charge on any atom is 0.338 e. The minimum Gasteiger partial charge on any atom is -0.449 e. The number of ether oxygens (including phenoxy) is 1. The van der Waals surface area contributed by atoms with E-state index in [2.05, 4.69) is 10.6 Å². The van der Waals surface area contributed by atoms with Crippen molar-refractivity contribution >= 4 is 29.2 Å². The van der Waals surface area contributed by atoms with Gasteiger partial charge in [0.2, 0.25) is 5.91 Å². The SMILES string of the molecule is CC(OC(=O)c1ccc(NC(=O)CC#N)cc1)C(=O)Nc1cccc(C#N)c1. The molecule has 2 amide bonds. The van der Waals surface area contributed by atoms with E-state index in [1.807, 2.05) is 6.07 Å². The highest BCUT2D eigenvalue weighted by molar-refractivity contribution is 5.98. The quantitative estimate of drug-likeness (QED) is 0.745. The van der Waals surface area contributed by atoms with Gasteiger partial charge in [-0.15, -0.1) is 0 Å². The van der Waals surface area contributed by atoms with Crippen LogP contribution in [0.3, 0.4) is 0 Å². The molecule has 0 aliphatic carbocycles. The van der Waals surface area contributed by atoms with Crippen molar-refractivity contribution in [2.75, 3.05) is 10.6 Å². The van der Waals surface area contributed by atoms with Gasteiger partial charge in [0.15, 0.2) is 6.10 Å². The standard InChI is InChI=1S/C20H16N4O4/c1-13(19(26)24-17-4-2-3-14(11-17)12-22)28-20(27)15-5-7-16(8-6-15)23-18(25)9-10-21/h2-8,11,13H,9H2,1H3,(H,23,25)(H,24,26). The van der Waals surface area contributed by atoms with Crippen LogP contribution >= 0.6 is 0 Å². The van der Waals surface area contributed by atoms with Gasteiger partial charge < -0.3 is 15.4 Å². The topological polar surface area (TPSA) is 132 Å². The van der Waals surface area contributed by atoms with Crippen molar-refractivity contribution in [2.24, 2.45) is 0 Å². The third-order valence-electron chi connectivity index (χ3n) is 3.56. The summed E-state index contributed by atoms with van der Waals surface area (Å²) in [7, 11) is 0. The first-order valence-corrected chi connectivity index (χ1v) is 8.22. The maximum absolute atomic E-state index is 12.2. The molecule has 1 atom stereocenters. The molecule has 1 unspecified atom stereocenters. The van der Waals surface area contributed by atoms with Gasteiger partial charge >= 0.3 is 5.97 Å². The second kappa shape index (κ2) is 9.51. The van der Waals surface area contributed by atoms with E-state index in [9.17, 15) is 14.4 Å². The van der Waals surface area contributed by atoms with E-state index in [4.69, 9.17) is 15.3 Å². The minimum absolute atomic E-state index is 0.199. The second-order valence-corrected chi connectivity index (χ2v) is 5.69. The molecule has 0 heterocycles. The van der Waals surface area contributed by atoms with E-state index >= 15 is 0 Å². The molecular weight excluding hydrogens is 360 g/mol. The van der Waals surface area contributed by atoms with Gasteiger partial charge in [-0.25, -0.2) is 4.79 Å². The van der Waals surface area contributed by atoms with E-state index in [-0.39, 0.29) is 12.0 Å². The van der Waals surface area contributed by atoms with Crippen molar-refractivity contribution in [2.45, 2.75) is 19.4 Å². The number of nitrogens with zero attached hydrogens (tertiary/aromatic N) is 2. The van der Waals surface area contributed by atoms with Crippen molar-refractivity contribution in [3.05, 3.63) is 59.7 Å². The van der Waals surface area contributed by atoms with Gasteiger partial charge in [-0.1, -0.05) is 6.07 Å². The van der Waals surface area contributed by atoms with Gasteiger partial charge in [-0.3, -0.25) is 9.59 Å². The number of hydrogen-bond donors (Lipinski definition) is 2. The Kier molecular flexibility index (Phi) is 6.84. The van der Waals surface area contributed by atoms with Crippen LogP contribution in [0.15, 0.2) is 48.5 Å². The summed E-state index contributed by atoms with van der Waals surface area (Å²) in [5.74, 6) is -1.70. The van der Waals surface area contributed by atoms with E-state index in [0.717, 1.165) is 0 Å². The van der Waals surface area contributed by atoms with E-state index in [1.54, 1.807) is 24.3 Å². The Balaban J connectivity index is 1.94. The lowest BCUT2D eigenvalue weighted by atomic mass is 10.2. The molecule has 0 fully saturated rings. The van der Waals surface area contributed by atoms with Gasteiger partial charge in [0.05, 0.1) is 23.3 Å². The number of amides is 2. The molecule has 0 aliphatic rings. The predicted octanol–water partition coefficient (Wildman–Crippen LogP) is 2.59. The van der Waals surface area contributed by atoms with Crippen molar-refractivity contribution in [3.63, 3.8) is 0 Å². The lowest BCUT2D eigenvalue weighted by Crippen LogP contribution is -2.30.